The van der Waals surface area contributed by atoms with Crippen LogP contribution in [0.25, 0.3) is 0 Å². The van der Waals surface area contributed by atoms with E-state index in [0.717, 1.165) is 36.9 Å². The lowest BCUT2D eigenvalue weighted by Gasteiger charge is -2.55. The van der Waals surface area contributed by atoms with Crippen LogP contribution in [-0.4, -0.2) is 30.3 Å². The van der Waals surface area contributed by atoms with Gasteiger partial charge in [0.1, 0.15) is 6.04 Å². The summed E-state index contributed by atoms with van der Waals surface area (Å²) in [7, 11) is 0. The number of para-hydroxylation sites is 1. The quantitative estimate of drug-likeness (QED) is 0.578. The highest BCUT2D eigenvalue weighted by atomic mass is 16.2. The van der Waals surface area contributed by atoms with E-state index in [0.29, 0.717) is 17.8 Å². The SMILES string of the molecule is CCc1ccccc1NC(=O)CNC(=O)[C@H](NC(=O)C12CC3CC(CC(C3)C1)C2)C(C)C. The first kappa shape index (κ1) is 22.8. The maximum Gasteiger partial charge on any atom is 0.243 e. The number of amides is 3. The lowest BCUT2D eigenvalue weighted by atomic mass is 9.49. The molecule has 0 radical (unpaired) electrons. The van der Waals surface area contributed by atoms with Crippen LogP contribution < -0.4 is 16.0 Å². The Kier molecular flexibility index (Phi) is 6.59. The molecule has 0 saturated heterocycles. The number of rotatable bonds is 8. The molecule has 0 aromatic heterocycles. The molecule has 1 atom stereocenters. The van der Waals surface area contributed by atoms with Crippen LogP contribution in [0.15, 0.2) is 24.3 Å². The molecule has 4 aliphatic rings. The number of anilines is 1. The van der Waals surface area contributed by atoms with Crippen molar-refractivity contribution < 1.29 is 14.4 Å². The van der Waals surface area contributed by atoms with Crippen molar-refractivity contribution in [3.05, 3.63) is 29.8 Å². The molecule has 3 amide bonds. The minimum absolute atomic E-state index is 0.0479. The van der Waals surface area contributed by atoms with Crippen LogP contribution in [0.1, 0.15) is 64.9 Å². The van der Waals surface area contributed by atoms with Gasteiger partial charge in [0.05, 0.1) is 6.54 Å². The maximum atomic E-state index is 13.4. The van der Waals surface area contributed by atoms with Crippen LogP contribution >= 0.6 is 0 Å². The Hall–Kier alpha value is -2.37. The van der Waals surface area contributed by atoms with E-state index >= 15 is 0 Å². The molecule has 6 nitrogen and oxygen atoms in total. The van der Waals surface area contributed by atoms with Gasteiger partial charge >= 0.3 is 0 Å². The fourth-order valence-corrected chi connectivity index (χ4v) is 6.64. The van der Waals surface area contributed by atoms with Crippen molar-refractivity contribution in [3.63, 3.8) is 0 Å². The van der Waals surface area contributed by atoms with E-state index in [9.17, 15) is 14.4 Å². The molecule has 4 bridgehead atoms. The van der Waals surface area contributed by atoms with Crippen molar-refractivity contribution in [2.75, 3.05) is 11.9 Å². The van der Waals surface area contributed by atoms with Crippen LogP contribution in [0, 0.1) is 29.1 Å². The molecule has 174 valence electrons. The molecule has 1 aromatic carbocycles. The van der Waals surface area contributed by atoms with Crippen LogP contribution in [0.5, 0.6) is 0 Å². The number of benzene rings is 1. The van der Waals surface area contributed by atoms with E-state index in [-0.39, 0.29) is 35.6 Å². The van der Waals surface area contributed by atoms with Gasteiger partial charge in [-0.15, -0.1) is 0 Å². The molecule has 4 fully saturated rings. The minimum Gasteiger partial charge on any atom is -0.345 e. The summed E-state index contributed by atoms with van der Waals surface area (Å²) in [6, 6.07) is 7.02. The molecule has 0 unspecified atom stereocenters. The minimum atomic E-state index is -0.633. The van der Waals surface area contributed by atoms with Crippen molar-refractivity contribution in [1.82, 2.24) is 10.6 Å². The summed E-state index contributed by atoms with van der Waals surface area (Å²) in [5, 5.41) is 8.69. The normalized spacial score (nSPS) is 28.9. The Morgan fingerprint density at radius 1 is 1.00 bits per heavy atom. The van der Waals surface area contributed by atoms with E-state index < -0.39 is 6.04 Å². The van der Waals surface area contributed by atoms with Crippen LogP contribution in [-0.2, 0) is 20.8 Å². The van der Waals surface area contributed by atoms with E-state index in [1.807, 2.05) is 45.0 Å². The van der Waals surface area contributed by atoms with Gasteiger partial charge < -0.3 is 16.0 Å². The molecule has 4 aliphatic carbocycles. The van der Waals surface area contributed by atoms with E-state index in [1.165, 1.54) is 19.3 Å². The van der Waals surface area contributed by atoms with E-state index in [4.69, 9.17) is 0 Å². The van der Waals surface area contributed by atoms with Gasteiger partial charge in [0, 0.05) is 11.1 Å². The average Bonchev–Trinajstić information content (AvgIpc) is 2.74. The monoisotopic (exact) mass is 439 g/mol. The third kappa shape index (κ3) is 4.69. The van der Waals surface area contributed by atoms with Crippen molar-refractivity contribution in [1.29, 1.82) is 0 Å². The average molecular weight is 440 g/mol. The number of hydrogen-bond acceptors (Lipinski definition) is 3. The molecule has 4 saturated carbocycles. The number of carbonyl (C=O) groups excluding carboxylic acids is 3. The summed E-state index contributed by atoms with van der Waals surface area (Å²) in [6.45, 7) is 5.78. The second-order valence-corrected chi connectivity index (χ2v) is 10.7. The summed E-state index contributed by atoms with van der Waals surface area (Å²) in [5.74, 6) is 1.45. The molecule has 0 heterocycles. The Labute approximate surface area is 191 Å². The number of hydrogen-bond donors (Lipinski definition) is 3. The molecule has 6 heteroatoms. The fraction of sp³-hybridized carbons (Fsp3) is 0.654. The highest BCUT2D eigenvalue weighted by Gasteiger charge is 2.55. The zero-order valence-electron chi connectivity index (χ0n) is 19.6. The molecule has 0 spiro atoms. The molecular formula is C26H37N3O3. The van der Waals surface area contributed by atoms with Gasteiger partial charge in [-0.3, -0.25) is 14.4 Å². The Bertz CT molecular complexity index is 844. The van der Waals surface area contributed by atoms with Crippen LogP contribution in [0.2, 0.25) is 0 Å². The molecule has 5 rings (SSSR count). The van der Waals surface area contributed by atoms with Crippen molar-refractivity contribution in [2.45, 2.75) is 71.8 Å². The summed E-state index contributed by atoms with van der Waals surface area (Å²) in [6.07, 6.45) is 7.54. The molecular weight excluding hydrogens is 402 g/mol. The second-order valence-electron chi connectivity index (χ2n) is 10.7. The predicted molar refractivity (Wildman–Crippen MR) is 125 cm³/mol. The Morgan fingerprint density at radius 2 is 1.59 bits per heavy atom. The van der Waals surface area contributed by atoms with Crippen LogP contribution in [0.4, 0.5) is 5.69 Å². The smallest absolute Gasteiger partial charge is 0.243 e. The Morgan fingerprint density at radius 3 is 2.16 bits per heavy atom. The first-order valence-corrected chi connectivity index (χ1v) is 12.3. The highest BCUT2D eigenvalue weighted by molar-refractivity contribution is 5.97. The lowest BCUT2D eigenvalue weighted by Crippen LogP contribution is -2.58. The highest BCUT2D eigenvalue weighted by Crippen LogP contribution is 2.60. The van der Waals surface area contributed by atoms with E-state index in [2.05, 4.69) is 16.0 Å². The Balaban J connectivity index is 1.34. The van der Waals surface area contributed by atoms with Crippen molar-refractivity contribution >= 4 is 23.4 Å². The third-order valence-electron chi connectivity index (χ3n) is 7.85. The fourth-order valence-electron chi connectivity index (χ4n) is 6.64. The predicted octanol–water partition coefficient (Wildman–Crippen LogP) is 3.66. The van der Waals surface area contributed by atoms with Gasteiger partial charge in [0.15, 0.2) is 0 Å². The lowest BCUT2D eigenvalue weighted by molar-refractivity contribution is -0.149. The zero-order valence-corrected chi connectivity index (χ0v) is 19.6. The molecule has 0 aliphatic heterocycles. The summed E-state index contributed by atoms with van der Waals surface area (Å²) in [4.78, 5) is 38.7. The van der Waals surface area contributed by atoms with Gasteiger partial charge in [-0.05, 0) is 80.2 Å². The van der Waals surface area contributed by atoms with E-state index in [1.54, 1.807) is 0 Å². The zero-order chi connectivity index (χ0) is 22.9. The van der Waals surface area contributed by atoms with Crippen LogP contribution in [0.3, 0.4) is 0 Å². The molecule has 3 N–H and O–H groups in total. The number of aryl methyl sites for hydroxylation is 1. The molecule has 1 aromatic rings. The third-order valence-corrected chi connectivity index (χ3v) is 7.85. The number of nitrogens with one attached hydrogen (secondary N) is 3. The summed E-state index contributed by atoms with van der Waals surface area (Å²) < 4.78 is 0. The van der Waals surface area contributed by atoms with Gasteiger partial charge in [-0.25, -0.2) is 0 Å². The summed E-state index contributed by atoms with van der Waals surface area (Å²) in [5.41, 5.74) is 1.53. The topological polar surface area (TPSA) is 87.3 Å². The van der Waals surface area contributed by atoms with Crippen molar-refractivity contribution in [3.8, 4) is 0 Å². The van der Waals surface area contributed by atoms with Gasteiger partial charge in [-0.1, -0.05) is 39.0 Å². The number of carbonyl (C=O) groups is 3. The van der Waals surface area contributed by atoms with Gasteiger partial charge in [0.2, 0.25) is 17.7 Å². The standard InChI is InChI=1S/C26H37N3O3/c1-4-20-7-5-6-8-21(20)28-22(30)15-27-24(31)23(16(2)3)29-25(32)26-12-17-9-18(13-26)11-19(10-17)14-26/h5-8,16-19,23H,4,9-15H2,1-3H3,(H,27,31)(H,28,30)(H,29,32)/t17?,18?,19?,23-,26?/m1/s1. The molecule has 32 heavy (non-hydrogen) atoms. The second kappa shape index (κ2) is 9.24. The largest absolute Gasteiger partial charge is 0.345 e. The summed E-state index contributed by atoms with van der Waals surface area (Å²) >= 11 is 0. The van der Waals surface area contributed by atoms with Crippen molar-refractivity contribution in [2.24, 2.45) is 29.1 Å². The van der Waals surface area contributed by atoms with Gasteiger partial charge in [-0.2, -0.15) is 0 Å². The maximum absolute atomic E-state index is 13.4. The first-order chi connectivity index (χ1) is 15.3. The van der Waals surface area contributed by atoms with Gasteiger partial charge in [0.25, 0.3) is 0 Å². The first-order valence-electron chi connectivity index (χ1n) is 12.3.